The largest absolute Gasteiger partial charge is 0.305 e. The Morgan fingerprint density at radius 2 is 2.07 bits per heavy atom. The van der Waals surface area contributed by atoms with E-state index in [0.717, 1.165) is 10.0 Å². The maximum Gasteiger partial charge on any atom is 0.134 e. The predicted octanol–water partition coefficient (Wildman–Crippen LogP) is 3.08. The maximum atomic E-state index is 4.17. The van der Waals surface area contributed by atoms with Crippen LogP contribution in [-0.4, -0.2) is 16.2 Å². The fraction of sp³-hybridized carbons (Fsp3) is 0.818. The van der Waals surface area contributed by atoms with Gasteiger partial charge >= 0.3 is 0 Å². The van der Waals surface area contributed by atoms with E-state index >= 15 is 0 Å². The van der Waals surface area contributed by atoms with Gasteiger partial charge < -0.3 is 5.32 Å². The van der Waals surface area contributed by atoms with Gasteiger partial charge in [-0.1, -0.05) is 20.3 Å². The summed E-state index contributed by atoms with van der Waals surface area (Å²) in [5, 5.41) is 14.0. The van der Waals surface area contributed by atoms with Crippen LogP contribution in [0.4, 0.5) is 0 Å². The highest BCUT2D eigenvalue weighted by atomic mass is 32.1. The van der Waals surface area contributed by atoms with E-state index < -0.39 is 0 Å². The standard InChI is InChI=1S/C11H21N3S/c1-5-7-10(6-2)12-8(3)11-14-13-9(4)15-11/h8,10,12H,5-7H2,1-4H3. The molecule has 0 aromatic carbocycles. The van der Waals surface area contributed by atoms with E-state index in [0.29, 0.717) is 12.1 Å². The summed E-state index contributed by atoms with van der Waals surface area (Å²) >= 11 is 1.68. The molecule has 0 aliphatic heterocycles. The lowest BCUT2D eigenvalue weighted by molar-refractivity contribution is 0.415. The maximum absolute atomic E-state index is 4.17. The van der Waals surface area contributed by atoms with Crippen LogP contribution in [0.15, 0.2) is 0 Å². The molecule has 1 rings (SSSR count). The predicted molar refractivity (Wildman–Crippen MR) is 65.2 cm³/mol. The van der Waals surface area contributed by atoms with Gasteiger partial charge in [-0.25, -0.2) is 0 Å². The van der Waals surface area contributed by atoms with Crippen molar-refractivity contribution in [1.82, 2.24) is 15.5 Å². The van der Waals surface area contributed by atoms with Crippen molar-refractivity contribution in [3.05, 3.63) is 10.0 Å². The Balaban J connectivity index is 2.50. The molecule has 0 bridgehead atoms. The second-order valence-electron chi connectivity index (χ2n) is 3.94. The first-order valence-corrected chi connectivity index (χ1v) is 6.55. The summed E-state index contributed by atoms with van der Waals surface area (Å²) in [6.45, 7) is 8.62. The average Bonchev–Trinajstić information content (AvgIpc) is 2.64. The van der Waals surface area contributed by atoms with Crippen molar-refractivity contribution in [2.45, 2.75) is 59.0 Å². The van der Waals surface area contributed by atoms with Gasteiger partial charge in [0.2, 0.25) is 0 Å². The first-order valence-electron chi connectivity index (χ1n) is 5.73. The van der Waals surface area contributed by atoms with Gasteiger partial charge in [0.05, 0.1) is 6.04 Å². The minimum atomic E-state index is 0.327. The molecule has 0 fully saturated rings. The molecule has 1 N–H and O–H groups in total. The first-order chi connectivity index (χ1) is 7.17. The second kappa shape index (κ2) is 6.18. The summed E-state index contributed by atoms with van der Waals surface area (Å²) in [7, 11) is 0. The summed E-state index contributed by atoms with van der Waals surface area (Å²) in [5.41, 5.74) is 0. The smallest absolute Gasteiger partial charge is 0.134 e. The lowest BCUT2D eigenvalue weighted by atomic mass is 10.1. The zero-order chi connectivity index (χ0) is 11.3. The highest BCUT2D eigenvalue weighted by Crippen LogP contribution is 2.18. The van der Waals surface area contributed by atoms with Crippen LogP contribution in [0.1, 0.15) is 56.1 Å². The number of rotatable bonds is 6. The van der Waals surface area contributed by atoms with Gasteiger partial charge in [-0.05, 0) is 26.7 Å². The van der Waals surface area contributed by atoms with Crippen LogP contribution in [0, 0.1) is 6.92 Å². The molecule has 0 aliphatic rings. The Hall–Kier alpha value is -0.480. The van der Waals surface area contributed by atoms with Gasteiger partial charge in [-0.3, -0.25) is 0 Å². The molecular weight excluding hydrogens is 206 g/mol. The summed E-state index contributed by atoms with van der Waals surface area (Å²) in [6.07, 6.45) is 3.64. The molecule has 0 saturated heterocycles. The topological polar surface area (TPSA) is 37.8 Å². The molecule has 4 heteroatoms. The van der Waals surface area contributed by atoms with Gasteiger partial charge in [0.15, 0.2) is 0 Å². The Labute approximate surface area is 96.3 Å². The summed E-state index contributed by atoms with van der Waals surface area (Å²) in [5.74, 6) is 0. The molecule has 0 aliphatic carbocycles. The minimum Gasteiger partial charge on any atom is -0.305 e. The van der Waals surface area contributed by atoms with E-state index in [1.54, 1.807) is 11.3 Å². The molecule has 0 saturated carbocycles. The van der Waals surface area contributed by atoms with Crippen molar-refractivity contribution in [1.29, 1.82) is 0 Å². The van der Waals surface area contributed by atoms with Crippen molar-refractivity contribution < 1.29 is 0 Å². The molecular formula is C11H21N3S. The first kappa shape index (κ1) is 12.6. The summed E-state index contributed by atoms with van der Waals surface area (Å²) in [4.78, 5) is 0. The van der Waals surface area contributed by atoms with Crippen LogP contribution in [0.3, 0.4) is 0 Å². The van der Waals surface area contributed by atoms with Crippen LogP contribution >= 0.6 is 11.3 Å². The molecule has 1 aromatic heterocycles. The number of hydrogen-bond donors (Lipinski definition) is 1. The third-order valence-electron chi connectivity index (χ3n) is 2.53. The van der Waals surface area contributed by atoms with Crippen molar-refractivity contribution in [3.63, 3.8) is 0 Å². The van der Waals surface area contributed by atoms with E-state index in [4.69, 9.17) is 0 Å². The highest BCUT2D eigenvalue weighted by Gasteiger charge is 2.14. The van der Waals surface area contributed by atoms with Crippen LogP contribution < -0.4 is 5.32 Å². The summed E-state index contributed by atoms with van der Waals surface area (Å²) in [6, 6.07) is 0.932. The van der Waals surface area contributed by atoms with Crippen LogP contribution in [-0.2, 0) is 0 Å². The molecule has 0 radical (unpaired) electrons. The van der Waals surface area contributed by atoms with Crippen molar-refractivity contribution >= 4 is 11.3 Å². The Morgan fingerprint density at radius 1 is 1.33 bits per heavy atom. The van der Waals surface area contributed by atoms with Crippen molar-refractivity contribution in [2.75, 3.05) is 0 Å². The molecule has 2 unspecified atom stereocenters. The third kappa shape index (κ3) is 3.87. The van der Waals surface area contributed by atoms with Gasteiger partial charge in [-0.2, -0.15) is 0 Å². The fourth-order valence-corrected chi connectivity index (χ4v) is 2.38. The minimum absolute atomic E-state index is 0.327. The van der Waals surface area contributed by atoms with Gasteiger partial charge in [0.1, 0.15) is 10.0 Å². The van der Waals surface area contributed by atoms with Crippen LogP contribution in [0.2, 0.25) is 0 Å². The molecule has 0 spiro atoms. The quantitative estimate of drug-likeness (QED) is 0.811. The van der Waals surface area contributed by atoms with Gasteiger partial charge in [0, 0.05) is 6.04 Å². The highest BCUT2D eigenvalue weighted by molar-refractivity contribution is 7.11. The van der Waals surface area contributed by atoms with Gasteiger partial charge in [-0.15, -0.1) is 21.5 Å². The van der Waals surface area contributed by atoms with E-state index in [9.17, 15) is 0 Å². The van der Waals surface area contributed by atoms with Crippen molar-refractivity contribution in [3.8, 4) is 0 Å². The average molecular weight is 227 g/mol. The third-order valence-corrected chi connectivity index (χ3v) is 3.55. The second-order valence-corrected chi connectivity index (χ2v) is 5.15. The van der Waals surface area contributed by atoms with E-state index in [2.05, 4.69) is 36.3 Å². The molecule has 3 nitrogen and oxygen atoms in total. The Kier molecular flexibility index (Phi) is 5.19. The molecule has 1 aromatic rings. The zero-order valence-corrected chi connectivity index (χ0v) is 10.9. The number of nitrogens with one attached hydrogen (secondary N) is 1. The molecule has 15 heavy (non-hydrogen) atoms. The zero-order valence-electron chi connectivity index (χ0n) is 10.1. The van der Waals surface area contributed by atoms with E-state index in [-0.39, 0.29) is 0 Å². The Morgan fingerprint density at radius 3 is 2.53 bits per heavy atom. The van der Waals surface area contributed by atoms with Crippen molar-refractivity contribution in [2.24, 2.45) is 0 Å². The molecule has 2 atom stereocenters. The fourth-order valence-electron chi connectivity index (χ4n) is 1.67. The number of aromatic nitrogens is 2. The lowest BCUT2D eigenvalue weighted by Crippen LogP contribution is -2.30. The van der Waals surface area contributed by atoms with E-state index in [1.165, 1.54) is 19.3 Å². The molecule has 1 heterocycles. The SMILES string of the molecule is CCCC(CC)NC(C)c1nnc(C)s1. The number of nitrogens with zero attached hydrogens (tertiary/aromatic N) is 2. The summed E-state index contributed by atoms with van der Waals surface area (Å²) < 4.78 is 0. The number of hydrogen-bond acceptors (Lipinski definition) is 4. The molecule has 0 amide bonds. The monoisotopic (exact) mass is 227 g/mol. The lowest BCUT2D eigenvalue weighted by Gasteiger charge is -2.19. The molecule has 86 valence electrons. The van der Waals surface area contributed by atoms with Crippen LogP contribution in [0.5, 0.6) is 0 Å². The normalized spacial score (nSPS) is 15.2. The van der Waals surface area contributed by atoms with Crippen LogP contribution in [0.25, 0.3) is 0 Å². The van der Waals surface area contributed by atoms with Gasteiger partial charge in [0.25, 0.3) is 0 Å². The van der Waals surface area contributed by atoms with E-state index in [1.807, 2.05) is 6.92 Å². The Bertz CT molecular complexity index is 285. The number of aryl methyl sites for hydroxylation is 1.